The highest BCUT2D eigenvalue weighted by atomic mass is 35.5. The Morgan fingerprint density at radius 3 is 2.39 bits per heavy atom. The zero-order valence-corrected chi connectivity index (χ0v) is 19.4. The second-order valence-electron chi connectivity index (χ2n) is 7.01. The molecule has 2 aromatic carbocycles. The molecule has 31 heavy (non-hydrogen) atoms. The Morgan fingerprint density at radius 1 is 1.13 bits per heavy atom. The van der Waals surface area contributed by atoms with Gasteiger partial charge < -0.3 is 14.6 Å². The van der Waals surface area contributed by atoms with Crippen LogP contribution >= 0.6 is 35.0 Å². The number of amides is 1. The lowest BCUT2D eigenvalue weighted by molar-refractivity contribution is -0.113. The summed E-state index contributed by atoms with van der Waals surface area (Å²) in [5.41, 5.74) is 0.524. The predicted molar refractivity (Wildman–Crippen MR) is 122 cm³/mol. The number of anilines is 1. The largest absolute Gasteiger partial charge is 0.483 e. The van der Waals surface area contributed by atoms with Crippen molar-refractivity contribution >= 4 is 46.6 Å². The first-order valence-corrected chi connectivity index (χ1v) is 11.2. The number of nitrogens with zero attached hydrogens (tertiary/aromatic N) is 3. The Hall–Kier alpha value is -2.29. The SMILES string of the molecule is CC(Oc1ccc(F)cc1)c1nnc(SCC(=O)Nc2cc(Cl)cc(Cl)c2)n1C(C)C. The molecule has 0 radical (unpaired) electrons. The van der Waals surface area contributed by atoms with Crippen molar-refractivity contribution in [3.05, 3.63) is 64.2 Å². The summed E-state index contributed by atoms with van der Waals surface area (Å²) < 4.78 is 20.9. The molecule has 0 aliphatic carbocycles. The Labute approximate surface area is 194 Å². The van der Waals surface area contributed by atoms with Crippen LogP contribution in [0.3, 0.4) is 0 Å². The molecule has 0 fully saturated rings. The summed E-state index contributed by atoms with van der Waals surface area (Å²) >= 11 is 13.2. The fourth-order valence-electron chi connectivity index (χ4n) is 2.87. The lowest BCUT2D eigenvalue weighted by Crippen LogP contribution is -2.16. The van der Waals surface area contributed by atoms with Gasteiger partial charge in [-0.15, -0.1) is 10.2 Å². The van der Waals surface area contributed by atoms with Gasteiger partial charge in [-0.2, -0.15) is 0 Å². The van der Waals surface area contributed by atoms with Crippen LogP contribution in [-0.2, 0) is 4.79 Å². The number of aromatic nitrogens is 3. The van der Waals surface area contributed by atoms with Gasteiger partial charge in [0.25, 0.3) is 0 Å². The molecular formula is C21H21Cl2FN4O2S. The van der Waals surface area contributed by atoms with Gasteiger partial charge in [-0.05, 0) is 63.2 Å². The van der Waals surface area contributed by atoms with Crippen molar-refractivity contribution in [2.24, 2.45) is 0 Å². The number of hydrogen-bond donors (Lipinski definition) is 1. The van der Waals surface area contributed by atoms with Gasteiger partial charge in [-0.25, -0.2) is 4.39 Å². The molecule has 0 aliphatic heterocycles. The van der Waals surface area contributed by atoms with Crippen LogP contribution in [0.5, 0.6) is 5.75 Å². The van der Waals surface area contributed by atoms with E-state index in [1.165, 1.54) is 23.9 Å². The minimum Gasteiger partial charge on any atom is -0.483 e. The van der Waals surface area contributed by atoms with Gasteiger partial charge in [0.1, 0.15) is 11.6 Å². The van der Waals surface area contributed by atoms with E-state index in [0.717, 1.165) is 0 Å². The Bertz CT molecular complexity index is 1040. The topological polar surface area (TPSA) is 69.0 Å². The molecular weight excluding hydrogens is 462 g/mol. The molecule has 3 rings (SSSR count). The molecule has 0 spiro atoms. The summed E-state index contributed by atoms with van der Waals surface area (Å²) in [5, 5.41) is 12.7. The number of carbonyl (C=O) groups excluding carboxylic acids is 1. The van der Waals surface area contributed by atoms with Gasteiger partial charge in [0.15, 0.2) is 17.1 Å². The van der Waals surface area contributed by atoms with Crippen LogP contribution in [0, 0.1) is 5.82 Å². The molecule has 1 amide bonds. The van der Waals surface area contributed by atoms with E-state index in [2.05, 4.69) is 15.5 Å². The number of nitrogens with one attached hydrogen (secondary N) is 1. The highest BCUT2D eigenvalue weighted by Crippen LogP contribution is 2.28. The predicted octanol–water partition coefficient (Wildman–Crippen LogP) is 6.18. The summed E-state index contributed by atoms with van der Waals surface area (Å²) in [6.07, 6.45) is -0.419. The fourth-order valence-corrected chi connectivity index (χ4v) is 4.27. The van der Waals surface area contributed by atoms with Gasteiger partial charge >= 0.3 is 0 Å². The van der Waals surface area contributed by atoms with E-state index in [1.54, 1.807) is 30.3 Å². The first-order valence-electron chi connectivity index (χ1n) is 9.48. The molecule has 1 heterocycles. The van der Waals surface area contributed by atoms with E-state index in [9.17, 15) is 9.18 Å². The molecule has 10 heteroatoms. The van der Waals surface area contributed by atoms with Crippen LogP contribution in [0.25, 0.3) is 0 Å². The maximum absolute atomic E-state index is 13.1. The average Bonchev–Trinajstić information content (AvgIpc) is 3.12. The number of rotatable bonds is 8. The third kappa shape index (κ3) is 6.35. The van der Waals surface area contributed by atoms with Crippen molar-refractivity contribution < 1.29 is 13.9 Å². The van der Waals surface area contributed by atoms with Crippen molar-refractivity contribution in [2.45, 2.75) is 38.1 Å². The van der Waals surface area contributed by atoms with Crippen LogP contribution in [0.1, 0.15) is 38.7 Å². The first kappa shape index (κ1) is 23.4. The maximum atomic E-state index is 13.1. The molecule has 6 nitrogen and oxygen atoms in total. The lowest BCUT2D eigenvalue weighted by Gasteiger charge is -2.18. The van der Waals surface area contributed by atoms with Gasteiger partial charge in [-0.1, -0.05) is 35.0 Å². The number of carbonyl (C=O) groups is 1. The van der Waals surface area contributed by atoms with Crippen LogP contribution in [0.15, 0.2) is 47.6 Å². The second-order valence-corrected chi connectivity index (χ2v) is 8.83. The molecule has 3 aromatic rings. The van der Waals surface area contributed by atoms with Crippen LogP contribution < -0.4 is 10.1 Å². The van der Waals surface area contributed by atoms with Crippen LogP contribution in [0.4, 0.5) is 10.1 Å². The molecule has 1 N–H and O–H groups in total. The Morgan fingerprint density at radius 2 is 1.77 bits per heavy atom. The molecule has 164 valence electrons. The van der Waals surface area contributed by atoms with Crippen LogP contribution in [-0.4, -0.2) is 26.4 Å². The number of thioether (sulfide) groups is 1. The smallest absolute Gasteiger partial charge is 0.234 e. The molecule has 1 unspecified atom stereocenters. The summed E-state index contributed by atoms with van der Waals surface area (Å²) in [6.45, 7) is 5.83. The third-order valence-corrected chi connectivity index (χ3v) is 5.56. The van der Waals surface area contributed by atoms with Gasteiger partial charge in [-0.3, -0.25) is 4.79 Å². The van der Waals surface area contributed by atoms with Crippen molar-refractivity contribution in [2.75, 3.05) is 11.1 Å². The van der Waals surface area contributed by atoms with Gasteiger partial charge in [0, 0.05) is 21.8 Å². The summed E-state index contributed by atoms with van der Waals surface area (Å²) in [7, 11) is 0. The Kier molecular flexibility index (Phi) is 7.80. The van der Waals surface area contributed by atoms with Crippen molar-refractivity contribution in [1.82, 2.24) is 14.8 Å². The minimum absolute atomic E-state index is 0.0431. The highest BCUT2D eigenvalue weighted by molar-refractivity contribution is 7.99. The standard InChI is InChI=1S/C21H21Cl2FN4O2S/c1-12(2)28-20(13(3)30-18-6-4-16(24)5-7-18)26-27-21(28)31-11-19(29)25-17-9-14(22)8-15(23)10-17/h4-10,12-13H,11H2,1-3H3,(H,25,29). The van der Waals surface area contributed by atoms with E-state index in [1.807, 2.05) is 25.3 Å². The molecule has 1 aromatic heterocycles. The van der Waals surface area contributed by atoms with Crippen molar-refractivity contribution in [3.8, 4) is 5.75 Å². The third-order valence-electron chi connectivity index (χ3n) is 4.18. The number of benzene rings is 2. The summed E-state index contributed by atoms with van der Waals surface area (Å²) in [6, 6.07) is 10.7. The van der Waals surface area contributed by atoms with Crippen molar-refractivity contribution in [3.63, 3.8) is 0 Å². The van der Waals surface area contributed by atoms with Crippen LogP contribution in [0.2, 0.25) is 10.0 Å². The number of ether oxygens (including phenoxy) is 1. The van der Waals surface area contributed by atoms with E-state index in [-0.39, 0.29) is 23.5 Å². The second kappa shape index (κ2) is 10.3. The summed E-state index contributed by atoms with van der Waals surface area (Å²) in [4.78, 5) is 12.4. The molecule has 0 bridgehead atoms. The quantitative estimate of drug-likeness (QED) is 0.388. The van der Waals surface area contributed by atoms with Gasteiger partial charge in [0.2, 0.25) is 5.91 Å². The number of hydrogen-bond acceptors (Lipinski definition) is 5. The highest BCUT2D eigenvalue weighted by Gasteiger charge is 2.22. The summed E-state index contributed by atoms with van der Waals surface area (Å²) in [5.74, 6) is 0.716. The van der Waals surface area contributed by atoms with E-state index in [0.29, 0.717) is 32.5 Å². The molecule has 0 saturated carbocycles. The first-order chi connectivity index (χ1) is 14.7. The minimum atomic E-state index is -0.419. The number of halogens is 3. The molecule has 0 saturated heterocycles. The molecule has 0 aliphatic rings. The molecule has 1 atom stereocenters. The maximum Gasteiger partial charge on any atom is 0.234 e. The Balaban J connectivity index is 1.68. The van der Waals surface area contributed by atoms with Gasteiger partial charge in [0.05, 0.1) is 5.75 Å². The van der Waals surface area contributed by atoms with E-state index < -0.39 is 6.10 Å². The fraction of sp³-hybridized carbons (Fsp3) is 0.286. The lowest BCUT2D eigenvalue weighted by atomic mass is 10.3. The zero-order chi connectivity index (χ0) is 22.5. The average molecular weight is 483 g/mol. The monoisotopic (exact) mass is 482 g/mol. The normalized spacial score (nSPS) is 12.1. The van der Waals surface area contributed by atoms with E-state index >= 15 is 0 Å². The van der Waals surface area contributed by atoms with E-state index in [4.69, 9.17) is 27.9 Å². The van der Waals surface area contributed by atoms with Crippen molar-refractivity contribution in [1.29, 1.82) is 0 Å². The zero-order valence-electron chi connectivity index (χ0n) is 17.1.